The maximum Gasteiger partial charge on any atom is 0.00168 e. The molecular formula is C12H27S2-. The molecule has 0 rings (SSSR count). The van der Waals surface area contributed by atoms with Crippen LogP contribution in [0.1, 0.15) is 71.6 Å². The Morgan fingerprint density at radius 2 is 1.29 bits per heavy atom. The highest BCUT2D eigenvalue weighted by Crippen LogP contribution is 2.15. The summed E-state index contributed by atoms with van der Waals surface area (Å²) < 4.78 is 0. The van der Waals surface area contributed by atoms with E-state index in [-0.39, 0.29) is 13.5 Å². The summed E-state index contributed by atoms with van der Waals surface area (Å²) in [5, 5.41) is 0.668. The van der Waals surface area contributed by atoms with Crippen molar-refractivity contribution >= 4 is 26.1 Å². The van der Waals surface area contributed by atoms with Gasteiger partial charge in [-0.3, -0.25) is 0 Å². The number of thiol groups is 2. The van der Waals surface area contributed by atoms with E-state index in [0.717, 1.165) is 0 Å². The average molecular weight is 235 g/mol. The molecule has 0 spiro atoms. The summed E-state index contributed by atoms with van der Waals surface area (Å²) in [4.78, 5) is 0. The summed E-state index contributed by atoms with van der Waals surface area (Å²) in [5.74, 6) is 0. The van der Waals surface area contributed by atoms with Crippen molar-refractivity contribution in [3.8, 4) is 0 Å². The number of unbranched alkanes of at least 4 members (excludes halogenated alkanes) is 5. The topological polar surface area (TPSA) is 0 Å². The van der Waals surface area contributed by atoms with Gasteiger partial charge in [-0.15, -0.1) is 0 Å². The summed E-state index contributed by atoms with van der Waals surface area (Å²) in [6.07, 6.45) is 12.3. The predicted molar refractivity (Wildman–Crippen MR) is 74.4 cm³/mol. The van der Waals surface area contributed by atoms with Gasteiger partial charge in [0.1, 0.15) is 0 Å². The molecule has 0 nitrogen and oxygen atoms in total. The van der Waals surface area contributed by atoms with Gasteiger partial charge in [0.05, 0.1) is 0 Å². The zero-order valence-corrected chi connectivity index (χ0v) is 11.6. The van der Waals surface area contributed by atoms with Gasteiger partial charge >= 0.3 is 0 Å². The third-order valence-electron chi connectivity index (χ3n) is 2.53. The van der Waals surface area contributed by atoms with Crippen LogP contribution in [0.4, 0.5) is 0 Å². The maximum atomic E-state index is 4.59. The van der Waals surface area contributed by atoms with Gasteiger partial charge in [-0.25, -0.2) is 0 Å². The van der Waals surface area contributed by atoms with Crippen molar-refractivity contribution in [2.24, 2.45) is 0 Å². The van der Waals surface area contributed by atoms with Crippen molar-refractivity contribution in [3.63, 3.8) is 0 Å². The molecular weight excluding hydrogens is 208 g/mol. The predicted octanol–water partition coefficient (Wildman–Crippen LogP) is 4.57. The molecule has 0 aromatic heterocycles. The van der Waals surface area contributed by atoms with Crippen LogP contribution in [-0.4, -0.2) is 5.25 Å². The van der Waals surface area contributed by atoms with Crippen LogP contribution in [0.3, 0.4) is 0 Å². The third kappa shape index (κ3) is 12.7. The summed E-state index contributed by atoms with van der Waals surface area (Å²) >= 11 is 4.59. The van der Waals surface area contributed by atoms with E-state index in [1.807, 2.05) is 0 Å². The lowest BCUT2D eigenvalue weighted by Gasteiger charge is -2.08. The minimum atomic E-state index is 0. The maximum absolute atomic E-state index is 4.59. The molecule has 1 atom stereocenters. The molecule has 0 aliphatic heterocycles. The van der Waals surface area contributed by atoms with E-state index in [4.69, 9.17) is 0 Å². The Morgan fingerprint density at radius 1 is 0.786 bits per heavy atom. The van der Waals surface area contributed by atoms with Gasteiger partial charge in [0.25, 0.3) is 0 Å². The third-order valence-corrected chi connectivity index (χ3v) is 3.05. The van der Waals surface area contributed by atoms with Gasteiger partial charge < -0.3 is 13.5 Å². The van der Waals surface area contributed by atoms with E-state index in [0.29, 0.717) is 5.25 Å². The Kier molecular flexibility index (Phi) is 16.7. The first-order chi connectivity index (χ1) is 6.31. The minimum absolute atomic E-state index is 0. The summed E-state index contributed by atoms with van der Waals surface area (Å²) in [5.41, 5.74) is 0. The molecule has 88 valence electrons. The fourth-order valence-electron chi connectivity index (χ4n) is 1.57. The van der Waals surface area contributed by atoms with Crippen LogP contribution in [-0.2, 0) is 13.5 Å². The van der Waals surface area contributed by atoms with Gasteiger partial charge in [-0.2, -0.15) is 12.6 Å². The summed E-state index contributed by atoms with van der Waals surface area (Å²) in [7, 11) is 0. The molecule has 0 aliphatic carbocycles. The van der Waals surface area contributed by atoms with Crippen LogP contribution in [0.15, 0.2) is 0 Å². The van der Waals surface area contributed by atoms with Crippen LogP contribution in [0.5, 0.6) is 0 Å². The normalized spacial score (nSPS) is 12.2. The van der Waals surface area contributed by atoms with E-state index in [1.54, 1.807) is 0 Å². The van der Waals surface area contributed by atoms with Crippen LogP contribution in [0, 0.1) is 0 Å². The molecule has 0 aliphatic rings. The fourth-order valence-corrected chi connectivity index (χ4v) is 1.93. The van der Waals surface area contributed by atoms with Gasteiger partial charge in [-0.05, 0) is 12.8 Å². The van der Waals surface area contributed by atoms with E-state index < -0.39 is 0 Å². The molecule has 0 N–H and O–H groups in total. The standard InChI is InChI=1S/C12H26S.H2S/c1-3-5-7-8-9-11-12(13)10-6-4-2;/h12-13H,3-11H2,1-2H3;1H2/p-1. The Bertz CT molecular complexity index is 94.3. The van der Waals surface area contributed by atoms with Gasteiger partial charge in [0, 0.05) is 5.25 Å². The highest BCUT2D eigenvalue weighted by atomic mass is 32.1. The first-order valence-corrected chi connectivity index (χ1v) is 6.51. The molecule has 0 fully saturated rings. The Balaban J connectivity index is 0. The first-order valence-electron chi connectivity index (χ1n) is 5.99. The van der Waals surface area contributed by atoms with Crippen molar-refractivity contribution in [1.82, 2.24) is 0 Å². The van der Waals surface area contributed by atoms with E-state index in [2.05, 4.69) is 26.5 Å². The Hall–Kier alpha value is 0.700. The SMILES string of the molecule is CCCCCCCC(S)CCCC.[SH-]. The highest BCUT2D eigenvalue weighted by Gasteiger charge is 2.01. The van der Waals surface area contributed by atoms with Crippen LogP contribution < -0.4 is 0 Å². The lowest BCUT2D eigenvalue weighted by atomic mass is 10.1. The van der Waals surface area contributed by atoms with Crippen molar-refractivity contribution in [2.45, 2.75) is 76.9 Å². The van der Waals surface area contributed by atoms with E-state index in [9.17, 15) is 0 Å². The molecule has 0 aromatic carbocycles. The molecule has 2 heteroatoms. The quantitative estimate of drug-likeness (QED) is 0.347. The van der Waals surface area contributed by atoms with Crippen molar-refractivity contribution in [2.75, 3.05) is 0 Å². The second kappa shape index (κ2) is 13.7. The molecule has 0 heterocycles. The molecule has 0 saturated heterocycles. The van der Waals surface area contributed by atoms with Gasteiger partial charge in [-0.1, -0.05) is 58.8 Å². The summed E-state index contributed by atoms with van der Waals surface area (Å²) in [6.45, 7) is 4.52. The van der Waals surface area contributed by atoms with E-state index in [1.165, 1.54) is 57.8 Å². The zero-order chi connectivity index (χ0) is 9.94. The fraction of sp³-hybridized carbons (Fsp3) is 1.00. The molecule has 1 unspecified atom stereocenters. The van der Waals surface area contributed by atoms with Crippen LogP contribution in [0.25, 0.3) is 0 Å². The molecule has 0 radical (unpaired) electrons. The lowest BCUT2D eigenvalue weighted by Crippen LogP contribution is -1.98. The van der Waals surface area contributed by atoms with Gasteiger partial charge in [0.2, 0.25) is 0 Å². The highest BCUT2D eigenvalue weighted by molar-refractivity contribution is 7.80. The molecule has 0 saturated carbocycles. The summed E-state index contributed by atoms with van der Waals surface area (Å²) in [6, 6.07) is 0. The van der Waals surface area contributed by atoms with Gasteiger partial charge in [0.15, 0.2) is 0 Å². The lowest BCUT2D eigenvalue weighted by molar-refractivity contribution is 0.573. The monoisotopic (exact) mass is 235 g/mol. The number of hydrogen-bond acceptors (Lipinski definition) is 2. The molecule has 14 heavy (non-hydrogen) atoms. The van der Waals surface area contributed by atoms with Crippen LogP contribution >= 0.6 is 12.6 Å². The molecule has 0 aromatic rings. The van der Waals surface area contributed by atoms with Crippen molar-refractivity contribution < 1.29 is 0 Å². The minimum Gasteiger partial charge on any atom is -0.813 e. The molecule has 0 bridgehead atoms. The Labute approximate surface area is 103 Å². The van der Waals surface area contributed by atoms with Crippen LogP contribution in [0.2, 0.25) is 0 Å². The zero-order valence-electron chi connectivity index (χ0n) is 9.84. The Morgan fingerprint density at radius 3 is 1.86 bits per heavy atom. The van der Waals surface area contributed by atoms with Crippen molar-refractivity contribution in [1.29, 1.82) is 0 Å². The average Bonchev–Trinajstić information content (AvgIpc) is 2.14. The smallest absolute Gasteiger partial charge is 0.00168 e. The number of hydrogen-bond donors (Lipinski definition) is 1. The molecule has 0 amide bonds. The largest absolute Gasteiger partial charge is 0.813 e. The second-order valence-electron chi connectivity index (χ2n) is 4.00. The number of rotatable bonds is 9. The van der Waals surface area contributed by atoms with E-state index >= 15 is 0 Å². The second-order valence-corrected chi connectivity index (χ2v) is 4.73. The van der Waals surface area contributed by atoms with Crippen molar-refractivity contribution in [3.05, 3.63) is 0 Å². The first kappa shape index (κ1) is 17.1.